The Hall–Kier alpha value is -3.12. The first kappa shape index (κ1) is 18.3. The molecule has 144 valence electrons. The predicted octanol–water partition coefficient (Wildman–Crippen LogP) is 2.53. The minimum Gasteiger partial charge on any atom is -0.490 e. The summed E-state index contributed by atoms with van der Waals surface area (Å²) in [4.78, 5) is 29.2. The Morgan fingerprint density at radius 3 is 2.75 bits per heavy atom. The van der Waals surface area contributed by atoms with E-state index in [1.807, 2.05) is 60.8 Å². The van der Waals surface area contributed by atoms with Crippen LogP contribution in [0.5, 0.6) is 5.75 Å². The number of aromatic nitrogens is 1. The molecular weight excluding hydrogens is 356 g/mol. The third kappa shape index (κ3) is 3.77. The van der Waals surface area contributed by atoms with Crippen molar-refractivity contribution in [2.45, 2.75) is 18.9 Å². The van der Waals surface area contributed by atoms with Crippen LogP contribution in [0.4, 0.5) is 0 Å². The van der Waals surface area contributed by atoms with Crippen LogP contribution in [-0.2, 0) is 16.0 Å². The van der Waals surface area contributed by atoms with Crippen LogP contribution in [0.3, 0.4) is 0 Å². The number of aliphatic hydroxyl groups excluding tert-OH is 1. The molecule has 0 aliphatic carbocycles. The summed E-state index contributed by atoms with van der Waals surface area (Å²) in [6.45, 7) is -0.0449. The van der Waals surface area contributed by atoms with Crippen LogP contribution in [-0.4, -0.2) is 46.1 Å². The number of imide groups is 1. The summed E-state index contributed by atoms with van der Waals surface area (Å²) < 4.78 is 5.72. The fourth-order valence-corrected chi connectivity index (χ4v) is 3.63. The van der Waals surface area contributed by atoms with Crippen molar-refractivity contribution in [1.82, 2.24) is 9.88 Å². The molecule has 0 bridgehead atoms. The SMILES string of the molecule is O=C1CC(Cc2ccccc2)C(=O)N1CC(O)COc1cccc2[nH]ccc12. The molecule has 6 nitrogen and oxygen atoms in total. The van der Waals surface area contributed by atoms with E-state index in [9.17, 15) is 14.7 Å². The number of nitrogens with zero attached hydrogens (tertiary/aromatic N) is 1. The molecule has 0 saturated carbocycles. The average Bonchev–Trinajstić information content (AvgIpc) is 3.28. The van der Waals surface area contributed by atoms with Crippen molar-refractivity contribution < 1.29 is 19.4 Å². The number of hydrogen-bond donors (Lipinski definition) is 2. The van der Waals surface area contributed by atoms with Gasteiger partial charge in [-0.3, -0.25) is 14.5 Å². The highest BCUT2D eigenvalue weighted by Crippen LogP contribution is 2.26. The quantitative estimate of drug-likeness (QED) is 0.619. The Morgan fingerprint density at radius 1 is 1.11 bits per heavy atom. The zero-order valence-corrected chi connectivity index (χ0v) is 15.4. The van der Waals surface area contributed by atoms with Gasteiger partial charge in [0.05, 0.1) is 12.5 Å². The molecule has 1 aliphatic heterocycles. The number of rotatable bonds is 7. The number of fused-ring (bicyclic) bond motifs is 1. The second-order valence-electron chi connectivity index (χ2n) is 7.09. The van der Waals surface area contributed by atoms with Gasteiger partial charge in [-0.1, -0.05) is 36.4 Å². The fourth-order valence-electron chi connectivity index (χ4n) is 3.63. The van der Waals surface area contributed by atoms with Gasteiger partial charge in [0.1, 0.15) is 18.5 Å². The summed E-state index contributed by atoms with van der Waals surface area (Å²) in [5.74, 6) is -0.172. The maximum Gasteiger partial charge on any atom is 0.233 e. The molecule has 4 rings (SSSR count). The molecule has 2 atom stereocenters. The highest BCUT2D eigenvalue weighted by atomic mass is 16.5. The number of hydrogen-bond acceptors (Lipinski definition) is 4. The minimum absolute atomic E-state index is 0.00467. The lowest BCUT2D eigenvalue weighted by Crippen LogP contribution is -2.39. The maximum absolute atomic E-state index is 12.6. The van der Waals surface area contributed by atoms with E-state index in [-0.39, 0.29) is 37.3 Å². The van der Waals surface area contributed by atoms with Crippen LogP contribution in [0, 0.1) is 5.92 Å². The number of nitrogens with one attached hydrogen (secondary N) is 1. The number of ether oxygens (including phenoxy) is 1. The van der Waals surface area contributed by atoms with Gasteiger partial charge in [0.15, 0.2) is 0 Å². The number of benzene rings is 2. The molecule has 1 aliphatic rings. The van der Waals surface area contributed by atoms with Gasteiger partial charge in [-0.2, -0.15) is 0 Å². The van der Waals surface area contributed by atoms with Gasteiger partial charge in [-0.05, 0) is 30.2 Å². The van der Waals surface area contributed by atoms with Gasteiger partial charge in [0, 0.05) is 23.5 Å². The average molecular weight is 378 g/mol. The molecule has 3 aromatic rings. The van der Waals surface area contributed by atoms with Crippen molar-refractivity contribution in [2.75, 3.05) is 13.2 Å². The third-order valence-corrected chi connectivity index (χ3v) is 5.04. The molecule has 2 amide bonds. The van der Waals surface area contributed by atoms with Gasteiger partial charge < -0.3 is 14.8 Å². The Kier molecular flexibility index (Phi) is 5.12. The Labute approximate surface area is 162 Å². The van der Waals surface area contributed by atoms with Crippen molar-refractivity contribution in [2.24, 2.45) is 5.92 Å². The molecule has 2 N–H and O–H groups in total. The van der Waals surface area contributed by atoms with Crippen molar-refractivity contribution in [3.05, 3.63) is 66.4 Å². The number of likely N-dealkylation sites (tertiary alicyclic amines) is 1. The number of carbonyl (C=O) groups excluding carboxylic acids is 2. The van der Waals surface area contributed by atoms with Crippen LogP contribution >= 0.6 is 0 Å². The molecule has 28 heavy (non-hydrogen) atoms. The maximum atomic E-state index is 12.6. The van der Waals surface area contributed by atoms with Crippen LogP contribution in [0.15, 0.2) is 60.8 Å². The molecule has 1 aromatic heterocycles. The fraction of sp³-hybridized carbons (Fsp3) is 0.273. The molecule has 0 radical (unpaired) electrons. The van der Waals surface area contributed by atoms with Crippen LogP contribution in [0.2, 0.25) is 0 Å². The Balaban J connectivity index is 1.35. The second kappa shape index (κ2) is 7.86. The lowest BCUT2D eigenvalue weighted by Gasteiger charge is -2.19. The summed E-state index contributed by atoms with van der Waals surface area (Å²) in [7, 11) is 0. The molecule has 0 spiro atoms. The topological polar surface area (TPSA) is 82.6 Å². The molecule has 2 aromatic carbocycles. The lowest BCUT2D eigenvalue weighted by molar-refractivity contribution is -0.141. The van der Waals surface area contributed by atoms with Crippen LogP contribution in [0.1, 0.15) is 12.0 Å². The van der Waals surface area contributed by atoms with Crippen molar-refractivity contribution >= 4 is 22.7 Å². The molecule has 2 heterocycles. The van der Waals surface area contributed by atoms with E-state index in [1.165, 1.54) is 4.90 Å². The zero-order valence-electron chi connectivity index (χ0n) is 15.4. The number of β-amino-alcohol motifs (C(OH)–C–C–N with tert-alkyl or cyclic N) is 1. The highest BCUT2D eigenvalue weighted by molar-refractivity contribution is 6.03. The van der Waals surface area contributed by atoms with Gasteiger partial charge in [-0.15, -0.1) is 0 Å². The van der Waals surface area contributed by atoms with E-state index in [4.69, 9.17) is 4.74 Å². The Bertz CT molecular complexity index is 982. The van der Waals surface area contributed by atoms with E-state index in [1.54, 1.807) is 0 Å². The first-order valence-electron chi connectivity index (χ1n) is 9.37. The molecule has 1 saturated heterocycles. The van der Waals surface area contributed by atoms with Gasteiger partial charge in [0.25, 0.3) is 0 Å². The van der Waals surface area contributed by atoms with E-state index in [2.05, 4.69) is 4.98 Å². The number of H-pyrrole nitrogens is 1. The number of aliphatic hydroxyl groups is 1. The van der Waals surface area contributed by atoms with Gasteiger partial charge in [-0.25, -0.2) is 0 Å². The summed E-state index contributed by atoms with van der Waals surface area (Å²) in [6, 6.07) is 17.2. The zero-order chi connectivity index (χ0) is 19.5. The monoisotopic (exact) mass is 378 g/mol. The van der Waals surface area contributed by atoms with E-state index in [0.717, 1.165) is 16.5 Å². The van der Waals surface area contributed by atoms with Crippen molar-refractivity contribution in [1.29, 1.82) is 0 Å². The third-order valence-electron chi connectivity index (χ3n) is 5.04. The highest BCUT2D eigenvalue weighted by Gasteiger charge is 2.39. The van der Waals surface area contributed by atoms with Crippen LogP contribution < -0.4 is 4.74 Å². The summed E-state index contributed by atoms with van der Waals surface area (Å²) in [5, 5.41) is 11.2. The Morgan fingerprint density at radius 2 is 1.93 bits per heavy atom. The summed E-state index contributed by atoms with van der Waals surface area (Å²) >= 11 is 0. The van der Waals surface area contributed by atoms with Crippen molar-refractivity contribution in [3.8, 4) is 5.75 Å². The van der Waals surface area contributed by atoms with Crippen molar-refractivity contribution in [3.63, 3.8) is 0 Å². The normalized spacial score (nSPS) is 18.0. The number of aromatic amines is 1. The minimum atomic E-state index is -0.947. The molecule has 1 fully saturated rings. The van der Waals surface area contributed by atoms with E-state index >= 15 is 0 Å². The second-order valence-corrected chi connectivity index (χ2v) is 7.09. The molecule has 2 unspecified atom stereocenters. The van der Waals surface area contributed by atoms with Gasteiger partial charge >= 0.3 is 0 Å². The number of carbonyl (C=O) groups is 2. The van der Waals surface area contributed by atoms with E-state index < -0.39 is 6.10 Å². The van der Waals surface area contributed by atoms with Crippen LogP contribution in [0.25, 0.3) is 10.9 Å². The predicted molar refractivity (Wildman–Crippen MR) is 105 cm³/mol. The summed E-state index contributed by atoms with van der Waals surface area (Å²) in [6.07, 6.45) is 1.59. The standard InChI is InChI=1S/C22H22N2O4/c25-17(14-28-20-8-4-7-19-18(20)9-10-23-19)13-24-21(26)12-16(22(24)27)11-15-5-2-1-3-6-15/h1-10,16-17,23,25H,11-14H2. The summed E-state index contributed by atoms with van der Waals surface area (Å²) in [5.41, 5.74) is 1.97. The smallest absolute Gasteiger partial charge is 0.233 e. The lowest BCUT2D eigenvalue weighted by atomic mass is 9.98. The molecular formula is C22H22N2O4. The largest absolute Gasteiger partial charge is 0.490 e. The molecule has 6 heteroatoms. The van der Waals surface area contributed by atoms with E-state index in [0.29, 0.717) is 12.2 Å². The van der Waals surface area contributed by atoms with Gasteiger partial charge in [0.2, 0.25) is 11.8 Å². The number of amides is 2. The first-order chi connectivity index (χ1) is 13.6. The first-order valence-corrected chi connectivity index (χ1v) is 9.37.